The van der Waals surface area contributed by atoms with Crippen LogP contribution in [0.5, 0.6) is 0 Å². The van der Waals surface area contributed by atoms with Gasteiger partial charge in [0.25, 0.3) is 0 Å². The van der Waals surface area contributed by atoms with Crippen LogP contribution in [0, 0.1) is 0 Å². The van der Waals surface area contributed by atoms with Gasteiger partial charge in [-0.15, -0.1) is 0 Å². The van der Waals surface area contributed by atoms with E-state index in [9.17, 15) is 8.42 Å². The monoisotopic (exact) mass is 361 g/mol. The summed E-state index contributed by atoms with van der Waals surface area (Å²) in [5.41, 5.74) is 6.47. The van der Waals surface area contributed by atoms with Crippen LogP contribution in [-0.4, -0.2) is 50.8 Å². The molecule has 0 radical (unpaired) electrons. The minimum Gasteiger partial charge on any atom is -0.326 e. The van der Waals surface area contributed by atoms with Gasteiger partial charge < -0.3 is 10.6 Å². The van der Waals surface area contributed by atoms with Gasteiger partial charge in [-0.25, -0.2) is 8.42 Å². The molecule has 5 nitrogen and oxygen atoms in total. The molecule has 1 aliphatic heterocycles. The van der Waals surface area contributed by atoms with Crippen LogP contribution in [0.1, 0.15) is 12.0 Å². The molecule has 1 aromatic rings. The van der Waals surface area contributed by atoms with Crippen molar-refractivity contribution in [1.82, 2.24) is 9.21 Å². The van der Waals surface area contributed by atoms with Crippen molar-refractivity contribution in [2.75, 3.05) is 27.2 Å². The van der Waals surface area contributed by atoms with E-state index in [4.69, 9.17) is 5.73 Å². The lowest BCUT2D eigenvalue weighted by Gasteiger charge is -2.21. The number of hydrogen-bond donors (Lipinski definition) is 1. The van der Waals surface area contributed by atoms with Gasteiger partial charge in [-0.3, -0.25) is 0 Å². The molecule has 2 N–H and O–H groups in total. The second kappa shape index (κ2) is 6.11. The summed E-state index contributed by atoms with van der Waals surface area (Å²) in [4.78, 5) is 2.39. The molecule has 7 heteroatoms. The van der Waals surface area contributed by atoms with Gasteiger partial charge in [0, 0.05) is 30.1 Å². The number of sulfonamides is 1. The quantitative estimate of drug-likeness (QED) is 0.875. The summed E-state index contributed by atoms with van der Waals surface area (Å²) in [5.74, 6) is 0. The van der Waals surface area contributed by atoms with Gasteiger partial charge in [-0.1, -0.05) is 6.07 Å². The van der Waals surface area contributed by atoms with Crippen LogP contribution in [0.15, 0.2) is 27.6 Å². The van der Waals surface area contributed by atoms with Crippen molar-refractivity contribution in [2.24, 2.45) is 5.73 Å². The summed E-state index contributed by atoms with van der Waals surface area (Å²) < 4.78 is 27.5. The molecule has 2 rings (SSSR count). The molecular weight excluding hydrogens is 342 g/mol. The third-order valence-electron chi connectivity index (χ3n) is 3.71. The zero-order chi connectivity index (χ0) is 14.9. The molecule has 1 fully saturated rings. The van der Waals surface area contributed by atoms with E-state index in [1.54, 1.807) is 22.5 Å². The van der Waals surface area contributed by atoms with Crippen molar-refractivity contribution < 1.29 is 8.42 Å². The molecule has 0 aromatic heterocycles. The largest absolute Gasteiger partial charge is 0.326 e. The Balaban J connectivity index is 2.27. The van der Waals surface area contributed by atoms with Crippen LogP contribution in [0.2, 0.25) is 0 Å². The molecular formula is C13H20BrN3O2S. The fraction of sp³-hybridized carbons (Fsp3) is 0.538. The van der Waals surface area contributed by atoms with Crippen LogP contribution in [0.3, 0.4) is 0 Å². The standard InChI is InChI=1S/C13H20BrN3O2S/c1-16(2)11-5-6-17(9-11)20(18,19)13-4-3-10(8-15)7-12(13)14/h3-4,7,11H,5-6,8-9,15H2,1-2H3. The molecule has 20 heavy (non-hydrogen) atoms. The van der Waals surface area contributed by atoms with E-state index in [-0.39, 0.29) is 6.04 Å². The molecule has 0 amide bonds. The highest BCUT2D eigenvalue weighted by molar-refractivity contribution is 9.10. The third-order valence-corrected chi connectivity index (χ3v) is 6.55. The summed E-state index contributed by atoms with van der Waals surface area (Å²) in [5, 5.41) is 0. The molecule has 1 aliphatic rings. The summed E-state index contributed by atoms with van der Waals surface area (Å²) >= 11 is 3.34. The first kappa shape index (κ1) is 15.9. The maximum Gasteiger partial charge on any atom is 0.244 e. The van der Waals surface area contributed by atoms with E-state index >= 15 is 0 Å². The van der Waals surface area contributed by atoms with Gasteiger partial charge in [0.05, 0.1) is 4.90 Å². The van der Waals surface area contributed by atoms with Crippen LogP contribution < -0.4 is 5.73 Å². The predicted molar refractivity (Wildman–Crippen MR) is 82.9 cm³/mol. The van der Waals surface area contributed by atoms with Crippen molar-refractivity contribution in [3.8, 4) is 0 Å². The molecule has 0 bridgehead atoms. The molecule has 1 heterocycles. The zero-order valence-corrected chi connectivity index (χ0v) is 14.1. The summed E-state index contributed by atoms with van der Waals surface area (Å²) in [6.45, 7) is 1.50. The minimum atomic E-state index is -3.44. The highest BCUT2D eigenvalue weighted by atomic mass is 79.9. The average Bonchev–Trinajstić information content (AvgIpc) is 2.88. The Bertz CT molecular complexity index is 589. The van der Waals surface area contributed by atoms with Crippen molar-refractivity contribution in [3.05, 3.63) is 28.2 Å². The van der Waals surface area contributed by atoms with Crippen molar-refractivity contribution in [3.63, 3.8) is 0 Å². The minimum absolute atomic E-state index is 0.284. The first-order valence-electron chi connectivity index (χ1n) is 6.51. The normalized spacial score (nSPS) is 20.8. The second-order valence-electron chi connectivity index (χ2n) is 5.24. The maximum absolute atomic E-state index is 12.7. The lowest BCUT2D eigenvalue weighted by Crippen LogP contribution is -2.34. The average molecular weight is 362 g/mol. The Morgan fingerprint density at radius 3 is 2.65 bits per heavy atom. The Morgan fingerprint density at radius 1 is 1.45 bits per heavy atom. The fourth-order valence-corrected chi connectivity index (χ4v) is 4.95. The molecule has 0 spiro atoms. The number of benzene rings is 1. The van der Waals surface area contributed by atoms with E-state index in [2.05, 4.69) is 20.8 Å². The van der Waals surface area contributed by atoms with Crippen LogP contribution >= 0.6 is 15.9 Å². The Morgan fingerprint density at radius 2 is 2.15 bits per heavy atom. The number of nitrogens with two attached hydrogens (primary N) is 1. The summed E-state index contributed by atoms with van der Waals surface area (Å²) in [6.07, 6.45) is 0.866. The highest BCUT2D eigenvalue weighted by Crippen LogP contribution is 2.29. The smallest absolute Gasteiger partial charge is 0.244 e. The van der Waals surface area contributed by atoms with Gasteiger partial charge >= 0.3 is 0 Å². The SMILES string of the molecule is CN(C)C1CCN(S(=O)(=O)c2ccc(CN)cc2Br)C1. The van der Waals surface area contributed by atoms with Crippen molar-refractivity contribution in [1.29, 1.82) is 0 Å². The van der Waals surface area contributed by atoms with Crippen LogP contribution in [0.25, 0.3) is 0 Å². The number of rotatable bonds is 4. The highest BCUT2D eigenvalue weighted by Gasteiger charge is 2.34. The molecule has 0 saturated carbocycles. The first-order chi connectivity index (χ1) is 9.36. The summed E-state index contributed by atoms with van der Waals surface area (Å²) in [7, 11) is 0.516. The molecule has 0 aliphatic carbocycles. The van der Waals surface area contributed by atoms with Gasteiger partial charge in [0.1, 0.15) is 0 Å². The van der Waals surface area contributed by atoms with E-state index in [1.165, 1.54) is 0 Å². The van der Waals surface area contributed by atoms with Crippen molar-refractivity contribution in [2.45, 2.75) is 23.9 Å². The molecule has 1 aromatic carbocycles. The van der Waals surface area contributed by atoms with Crippen LogP contribution in [0.4, 0.5) is 0 Å². The topological polar surface area (TPSA) is 66.6 Å². The molecule has 1 unspecified atom stereocenters. The van der Waals surface area contributed by atoms with Gasteiger partial charge in [-0.05, 0) is 54.1 Å². The number of nitrogens with zero attached hydrogens (tertiary/aromatic N) is 2. The molecule has 1 atom stereocenters. The molecule has 1 saturated heterocycles. The van der Waals surface area contributed by atoms with Gasteiger partial charge in [0.15, 0.2) is 0 Å². The Labute approximate surface area is 128 Å². The second-order valence-corrected chi connectivity index (χ2v) is 8.00. The lowest BCUT2D eigenvalue weighted by atomic mass is 10.2. The van der Waals surface area contributed by atoms with E-state index in [1.807, 2.05) is 14.1 Å². The van der Waals surface area contributed by atoms with E-state index in [0.717, 1.165) is 12.0 Å². The van der Waals surface area contributed by atoms with Crippen LogP contribution in [-0.2, 0) is 16.6 Å². The summed E-state index contributed by atoms with van der Waals surface area (Å²) in [6, 6.07) is 5.44. The maximum atomic E-state index is 12.7. The molecule has 112 valence electrons. The van der Waals surface area contributed by atoms with Crippen molar-refractivity contribution >= 4 is 26.0 Å². The van der Waals surface area contributed by atoms with E-state index in [0.29, 0.717) is 29.0 Å². The lowest BCUT2D eigenvalue weighted by molar-refractivity contribution is 0.302. The zero-order valence-electron chi connectivity index (χ0n) is 11.7. The van der Waals surface area contributed by atoms with E-state index < -0.39 is 10.0 Å². The fourth-order valence-electron chi connectivity index (χ4n) is 2.37. The Hall–Kier alpha value is -0.470. The first-order valence-corrected chi connectivity index (χ1v) is 8.74. The van der Waals surface area contributed by atoms with Gasteiger partial charge in [0.2, 0.25) is 10.0 Å². The number of hydrogen-bond acceptors (Lipinski definition) is 4. The number of likely N-dealkylation sites (N-methyl/N-ethyl adjacent to an activating group) is 1. The van der Waals surface area contributed by atoms with Gasteiger partial charge in [-0.2, -0.15) is 4.31 Å². The predicted octanol–water partition coefficient (Wildman–Crippen LogP) is 1.23. The Kier molecular flexibility index (Phi) is 4.86. The third kappa shape index (κ3) is 3.07. The number of halogens is 1.